The van der Waals surface area contributed by atoms with Gasteiger partial charge in [0.25, 0.3) is 0 Å². The minimum absolute atomic E-state index is 0.246. The number of para-hydroxylation sites is 1. The number of carbonyl (C=O) groups excluding carboxylic acids is 1. The van der Waals surface area contributed by atoms with Crippen LogP contribution >= 0.6 is 11.6 Å². The summed E-state index contributed by atoms with van der Waals surface area (Å²) in [7, 11) is -3.60. The van der Waals surface area contributed by atoms with Crippen LogP contribution in [0.3, 0.4) is 0 Å². The molecule has 2 aromatic carbocycles. The molecule has 0 aliphatic rings. The second-order valence-corrected chi connectivity index (χ2v) is 8.68. The molecule has 2 aromatic rings. The lowest BCUT2D eigenvalue weighted by molar-refractivity contribution is -0.119. The molecule has 0 radical (unpaired) electrons. The van der Waals surface area contributed by atoms with Crippen molar-refractivity contribution in [2.24, 2.45) is 0 Å². The molecule has 0 unspecified atom stereocenters. The van der Waals surface area contributed by atoms with Crippen LogP contribution in [-0.2, 0) is 21.2 Å². The first kappa shape index (κ1) is 22.0. The number of carbonyl (C=O) groups is 1. The van der Waals surface area contributed by atoms with Crippen molar-refractivity contribution in [2.45, 2.75) is 20.3 Å². The maximum absolute atomic E-state index is 12.3. The molecule has 152 valence electrons. The first-order valence-corrected chi connectivity index (χ1v) is 11.2. The number of ether oxygens (including phenoxy) is 1. The Morgan fingerprint density at radius 2 is 1.93 bits per heavy atom. The Hall–Kier alpha value is -2.25. The first-order chi connectivity index (χ1) is 13.2. The van der Waals surface area contributed by atoms with E-state index in [-0.39, 0.29) is 19.7 Å². The average Bonchev–Trinajstić information content (AvgIpc) is 2.65. The Bertz CT molecular complexity index is 932. The summed E-state index contributed by atoms with van der Waals surface area (Å²) >= 11 is 6.05. The molecule has 1 N–H and O–H groups in total. The zero-order chi connectivity index (χ0) is 20.7. The minimum atomic E-state index is -3.60. The maximum atomic E-state index is 12.3. The summed E-state index contributed by atoms with van der Waals surface area (Å²) in [5.74, 6) is 0.210. The summed E-state index contributed by atoms with van der Waals surface area (Å²) in [6, 6.07) is 12.5. The molecular formula is C20H25ClN2O4S. The summed E-state index contributed by atoms with van der Waals surface area (Å²) in [6.07, 6.45) is 1.76. The van der Waals surface area contributed by atoms with E-state index in [0.717, 1.165) is 21.7 Å². The highest BCUT2D eigenvalue weighted by Crippen LogP contribution is 2.23. The number of hydrogen-bond acceptors (Lipinski definition) is 4. The molecule has 0 atom stereocenters. The fourth-order valence-corrected chi connectivity index (χ4v) is 3.70. The van der Waals surface area contributed by atoms with Crippen molar-refractivity contribution in [2.75, 3.05) is 30.3 Å². The molecule has 6 nitrogen and oxygen atoms in total. The predicted molar refractivity (Wildman–Crippen MR) is 113 cm³/mol. The van der Waals surface area contributed by atoms with Gasteiger partial charge in [0.2, 0.25) is 15.9 Å². The molecule has 0 bridgehead atoms. The number of aryl methyl sites for hydroxylation is 2. The number of hydrogen-bond donors (Lipinski definition) is 1. The van der Waals surface area contributed by atoms with Crippen LogP contribution in [0.5, 0.6) is 5.75 Å². The van der Waals surface area contributed by atoms with Crippen molar-refractivity contribution in [3.8, 4) is 5.75 Å². The van der Waals surface area contributed by atoms with Crippen LogP contribution in [0.4, 0.5) is 5.69 Å². The van der Waals surface area contributed by atoms with E-state index in [2.05, 4.69) is 5.32 Å². The summed E-state index contributed by atoms with van der Waals surface area (Å²) in [5.41, 5.74) is 2.34. The SMILES string of the molecule is CCc1ccccc1N(CC(=O)NCCOc1ccc(C)c(Cl)c1)S(C)(=O)=O. The topological polar surface area (TPSA) is 75.7 Å². The lowest BCUT2D eigenvalue weighted by atomic mass is 10.1. The van der Waals surface area contributed by atoms with E-state index in [9.17, 15) is 13.2 Å². The molecule has 0 aromatic heterocycles. The quantitative estimate of drug-likeness (QED) is 0.627. The molecule has 2 rings (SSSR count). The van der Waals surface area contributed by atoms with E-state index < -0.39 is 15.9 Å². The lowest BCUT2D eigenvalue weighted by Gasteiger charge is -2.24. The van der Waals surface area contributed by atoms with E-state index in [1.165, 1.54) is 0 Å². The van der Waals surface area contributed by atoms with Gasteiger partial charge in [0.15, 0.2) is 0 Å². The van der Waals surface area contributed by atoms with Gasteiger partial charge in [-0.3, -0.25) is 9.10 Å². The number of sulfonamides is 1. The van der Waals surface area contributed by atoms with Crippen molar-refractivity contribution >= 4 is 33.2 Å². The van der Waals surface area contributed by atoms with Gasteiger partial charge in [0, 0.05) is 5.02 Å². The molecule has 0 fully saturated rings. The Balaban J connectivity index is 1.94. The lowest BCUT2D eigenvalue weighted by Crippen LogP contribution is -2.41. The van der Waals surface area contributed by atoms with Crippen LogP contribution in [0.1, 0.15) is 18.1 Å². The van der Waals surface area contributed by atoms with Gasteiger partial charge in [-0.1, -0.05) is 42.8 Å². The predicted octanol–water partition coefficient (Wildman–Crippen LogP) is 3.17. The largest absolute Gasteiger partial charge is 0.492 e. The number of amides is 1. The van der Waals surface area contributed by atoms with Gasteiger partial charge in [-0.05, 0) is 42.7 Å². The minimum Gasteiger partial charge on any atom is -0.492 e. The van der Waals surface area contributed by atoms with Crippen LogP contribution in [0.25, 0.3) is 0 Å². The van der Waals surface area contributed by atoms with Crippen molar-refractivity contribution in [1.82, 2.24) is 5.32 Å². The van der Waals surface area contributed by atoms with Crippen molar-refractivity contribution < 1.29 is 17.9 Å². The molecule has 0 spiro atoms. The summed E-state index contributed by atoms with van der Waals surface area (Å²) in [4.78, 5) is 12.3. The molecule has 0 aliphatic carbocycles. The average molecular weight is 425 g/mol. The normalized spacial score (nSPS) is 11.1. The second kappa shape index (κ2) is 9.80. The van der Waals surface area contributed by atoms with Crippen LogP contribution in [0.2, 0.25) is 5.02 Å². The molecule has 0 saturated carbocycles. The highest BCUT2D eigenvalue weighted by Gasteiger charge is 2.22. The monoisotopic (exact) mass is 424 g/mol. The number of halogens is 1. The van der Waals surface area contributed by atoms with Gasteiger partial charge in [0.1, 0.15) is 18.9 Å². The van der Waals surface area contributed by atoms with Crippen molar-refractivity contribution in [3.63, 3.8) is 0 Å². The molecule has 0 saturated heterocycles. The van der Waals surface area contributed by atoms with Crippen LogP contribution in [0, 0.1) is 6.92 Å². The van der Waals surface area contributed by atoms with E-state index in [4.69, 9.17) is 16.3 Å². The van der Waals surface area contributed by atoms with Gasteiger partial charge in [0.05, 0.1) is 18.5 Å². The highest BCUT2D eigenvalue weighted by atomic mass is 35.5. The van der Waals surface area contributed by atoms with Crippen LogP contribution in [0.15, 0.2) is 42.5 Å². The standard InChI is InChI=1S/C20H25ClN2O4S/c1-4-16-7-5-6-8-19(16)23(28(3,25)26)14-20(24)22-11-12-27-17-10-9-15(2)18(21)13-17/h5-10,13H,4,11-12,14H2,1-3H3,(H,22,24). The number of nitrogens with one attached hydrogen (secondary N) is 1. The van der Waals surface area contributed by atoms with E-state index in [0.29, 0.717) is 22.9 Å². The summed E-state index contributed by atoms with van der Waals surface area (Å²) in [6.45, 7) is 4.05. The number of anilines is 1. The zero-order valence-electron chi connectivity index (χ0n) is 16.2. The van der Waals surface area contributed by atoms with E-state index in [1.54, 1.807) is 24.3 Å². The number of rotatable bonds is 9. The Labute approximate surface area is 171 Å². The highest BCUT2D eigenvalue weighted by molar-refractivity contribution is 7.92. The van der Waals surface area contributed by atoms with Crippen LogP contribution < -0.4 is 14.4 Å². The molecule has 0 aliphatic heterocycles. The van der Waals surface area contributed by atoms with Crippen molar-refractivity contribution in [3.05, 3.63) is 58.6 Å². The van der Waals surface area contributed by atoms with Crippen molar-refractivity contribution in [1.29, 1.82) is 0 Å². The third-order valence-electron chi connectivity index (χ3n) is 4.17. The number of benzene rings is 2. The van der Waals surface area contributed by atoms with Gasteiger partial charge < -0.3 is 10.1 Å². The molecule has 28 heavy (non-hydrogen) atoms. The molecule has 8 heteroatoms. The first-order valence-electron chi connectivity index (χ1n) is 8.93. The molecule has 0 heterocycles. The van der Waals surface area contributed by atoms with Gasteiger partial charge in [-0.2, -0.15) is 0 Å². The molecular weight excluding hydrogens is 400 g/mol. The fourth-order valence-electron chi connectivity index (χ4n) is 2.64. The Morgan fingerprint density at radius 1 is 1.21 bits per heavy atom. The van der Waals surface area contributed by atoms with E-state index in [1.807, 2.05) is 32.0 Å². The fraction of sp³-hybridized carbons (Fsp3) is 0.350. The third-order valence-corrected chi connectivity index (χ3v) is 5.70. The van der Waals surface area contributed by atoms with Gasteiger partial charge >= 0.3 is 0 Å². The summed E-state index contributed by atoms with van der Waals surface area (Å²) < 4.78 is 31.1. The number of nitrogens with zero attached hydrogens (tertiary/aromatic N) is 1. The second-order valence-electron chi connectivity index (χ2n) is 6.36. The smallest absolute Gasteiger partial charge is 0.240 e. The van der Waals surface area contributed by atoms with Gasteiger partial charge in [-0.15, -0.1) is 0 Å². The molecule has 1 amide bonds. The van der Waals surface area contributed by atoms with Crippen LogP contribution in [-0.4, -0.2) is 40.3 Å². The Kier molecular flexibility index (Phi) is 7.71. The Morgan fingerprint density at radius 3 is 2.57 bits per heavy atom. The van der Waals surface area contributed by atoms with Gasteiger partial charge in [-0.25, -0.2) is 8.42 Å². The maximum Gasteiger partial charge on any atom is 0.240 e. The third kappa shape index (κ3) is 6.14. The zero-order valence-corrected chi connectivity index (χ0v) is 17.8. The summed E-state index contributed by atoms with van der Waals surface area (Å²) in [5, 5.41) is 3.30. The van der Waals surface area contributed by atoms with E-state index >= 15 is 0 Å².